The summed E-state index contributed by atoms with van der Waals surface area (Å²) in [6.07, 6.45) is -1.10. The van der Waals surface area contributed by atoms with Crippen LogP contribution in [0, 0.1) is 0 Å². The van der Waals surface area contributed by atoms with Gasteiger partial charge in [-0.15, -0.1) is 0 Å². The van der Waals surface area contributed by atoms with Crippen molar-refractivity contribution in [1.82, 2.24) is 20.4 Å². The van der Waals surface area contributed by atoms with E-state index >= 15 is 0 Å². The summed E-state index contributed by atoms with van der Waals surface area (Å²) in [6.45, 7) is 2.57. The number of hydrogen-bond acceptors (Lipinski definition) is 5. The molecule has 1 aromatic heterocycles. The first-order valence-electron chi connectivity index (χ1n) is 7.53. The normalized spacial score (nSPS) is 19.9. The summed E-state index contributed by atoms with van der Waals surface area (Å²) in [6, 6.07) is 4.93. The van der Waals surface area contributed by atoms with Crippen molar-refractivity contribution in [3.05, 3.63) is 47.1 Å². The third kappa shape index (κ3) is 3.82. The monoisotopic (exact) mass is 338 g/mol. The number of alkyl halides is 3. The maximum atomic E-state index is 12.5. The topological polar surface area (TPSA) is 54.2 Å². The molecular formula is C16H17F3N4O. The van der Waals surface area contributed by atoms with Crippen molar-refractivity contribution in [3.8, 4) is 0 Å². The molecule has 1 N–H and O–H groups in total. The molecule has 2 aromatic rings. The predicted octanol–water partition coefficient (Wildman–Crippen LogP) is 2.83. The van der Waals surface area contributed by atoms with Gasteiger partial charge in [0.1, 0.15) is 0 Å². The van der Waals surface area contributed by atoms with E-state index in [2.05, 4.69) is 20.4 Å². The highest BCUT2D eigenvalue weighted by Gasteiger charge is 2.29. The molecule has 8 heteroatoms. The standard InChI is InChI=1S/C16H17F3N4O/c1-23-9-8-20-10-13(23)15-21-14(24-22-15)7-4-11-2-5-12(6-3-11)16(17,18)19/h2-7,13,20H,8-10H2,1H3/b7-4+. The number of nitrogens with zero attached hydrogens (tertiary/aromatic N) is 3. The van der Waals surface area contributed by atoms with Gasteiger partial charge >= 0.3 is 6.18 Å². The number of hydrogen-bond donors (Lipinski definition) is 1. The van der Waals surface area contributed by atoms with Crippen LogP contribution in [-0.2, 0) is 6.18 Å². The van der Waals surface area contributed by atoms with Gasteiger partial charge in [0.25, 0.3) is 5.89 Å². The number of benzene rings is 1. The van der Waals surface area contributed by atoms with Crippen molar-refractivity contribution in [2.75, 3.05) is 26.7 Å². The van der Waals surface area contributed by atoms with E-state index in [1.807, 2.05) is 7.05 Å². The zero-order valence-electron chi connectivity index (χ0n) is 13.0. The van der Waals surface area contributed by atoms with Crippen LogP contribution >= 0.6 is 0 Å². The van der Waals surface area contributed by atoms with Crippen molar-refractivity contribution in [2.24, 2.45) is 0 Å². The SMILES string of the molecule is CN1CCNCC1c1noc(/C=C/c2ccc(C(F)(F)F)cc2)n1. The molecular weight excluding hydrogens is 321 g/mol. The van der Waals surface area contributed by atoms with Gasteiger partial charge in [0.05, 0.1) is 11.6 Å². The van der Waals surface area contributed by atoms with Gasteiger partial charge in [0.15, 0.2) is 5.82 Å². The van der Waals surface area contributed by atoms with Crippen molar-refractivity contribution in [1.29, 1.82) is 0 Å². The molecule has 1 unspecified atom stereocenters. The number of piperazine rings is 1. The highest BCUT2D eigenvalue weighted by atomic mass is 19.4. The highest BCUT2D eigenvalue weighted by molar-refractivity contribution is 5.66. The molecule has 0 saturated carbocycles. The molecule has 0 aliphatic carbocycles. The first-order chi connectivity index (χ1) is 11.4. The molecule has 0 bridgehead atoms. The Balaban J connectivity index is 1.69. The van der Waals surface area contributed by atoms with E-state index in [0.717, 1.165) is 31.8 Å². The van der Waals surface area contributed by atoms with Gasteiger partial charge < -0.3 is 9.84 Å². The van der Waals surface area contributed by atoms with Crippen LogP contribution in [0.4, 0.5) is 13.2 Å². The Labute approximate surface area is 137 Å². The van der Waals surface area contributed by atoms with E-state index in [9.17, 15) is 13.2 Å². The summed E-state index contributed by atoms with van der Waals surface area (Å²) >= 11 is 0. The Morgan fingerprint density at radius 2 is 2.00 bits per heavy atom. The van der Waals surface area contributed by atoms with Crippen LogP contribution in [0.2, 0.25) is 0 Å². The van der Waals surface area contributed by atoms with Crippen LogP contribution < -0.4 is 5.32 Å². The Kier molecular flexibility index (Phi) is 4.68. The fraction of sp³-hybridized carbons (Fsp3) is 0.375. The third-order valence-corrected chi connectivity index (χ3v) is 3.92. The lowest BCUT2D eigenvalue weighted by Gasteiger charge is -2.30. The van der Waals surface area contributed by atoms with Crippen LogP contribution in [0.3, 0.4) is 0 Å². The Hall–Kier alpha value is -2.19. The average Bonchev–Trinajstić information content (AvgIpc) is 3.02. The molecule has 24 heavy (non-hydrogen) atoms. The molecule has 1 aromatic carbocycles. The maximum absolute atomic E-state index is 12.5. The number of likely N-dealkylation sites (N-methyl/N-ethyl adjacent to an activating group) is 1. The van der Waals surface area contributed by atoms with Gasteiger partial charge in [-0.05, 0) is 30.8 Å². The minimum atomic E-state index is -4.33. The van der Waals surface area contributed by atoms with Gasteiger partial charge in [0.2, 0.25) is 0 Å². The van der Waals surface area contributed by atoms with Crippen LogP contribution in [0.1, 0.15) is 28.9 Å². The lowest BCUT2D eigenvalue weighted by atomic mass is 10.1. The van der Waals surface area contributed by atoms with Crippen molar-refractivity contribution in [2.45, 2.75) is 12.2 Å². The summed E-state index contributed by atoms with van der Waals surface area (Å²) in [5.74, 6) is 0.917. The van der Waals surface area contributed by atoms with Crippen LogP contribution in [0.15, 0.2) is 28.8 Å². The largest absolute Gasteiger partial charge is 0.416 e. The summed E-state index contributed by atoms with van der Waals surface area (Å²) < 4.78 is 42.7. The summed E-state index contributed by atoms with van der Waals surface area (Å²) in [5, 5.41) is 7.26. The second-order valence-corrected chi connectivity index (χ2v) is 5.64. The quantitative estimate of drug-likeness (QED) is 0.933. The predicted molar refractivity (Wildman–Crippen MR) is 82.9 cm³/mol. The Bertz CT molecular complexity index is 709. The minimum Gasteiger partial charge on any atom is -0.335 e. The van der Waals surface area contributed by atoms with E-state index in [-0.39, 0.29) is 6.04 Å². The molecule has 1 saturated heterocycles. The molecule has 2 heterocycles. The summed E-state index contributed by atoms with van der Waals surface area (Å²) in [5.41, 5.74) is -0.0493. The first-order valence-corrected chi connectivity index (χ1v) is 7.53. The highest BCUT2D eigenvalue weighted by Crippen LogP contribution is 2.29. The smallest absolute Gasteiger partial charge is 0.335 e. The molecule has 1 fully saturated rings. The lowest BCUT2D eigenvalue weighted by molar-refractivity contribution is -0.137. The van der Waals surface area contributed by atoms with E-state index in [1.54, 1.807) is 12.2 Å². The van der Waals surface area contributed by atoms with Crippen molar-refractivity contribution >= 4 is 12.2 Å². The molecule has 1 atom stereocenters. The maximum Gasteiger partial charge on any atom is 0.416 e. The molecule has 3 rings (SSSR count). The van der Waals surface area contributed by atoms with Gasteiger partial charge in [0, 0.05) is 25.7 Å². The number of halogens is 3. The van der Waals surface area contributed by atoms with Crippen LogP contribution in [-0.4, -0.2) is 41.7 Å². The average molecular weight is 338 g/mol. The molecule has 1 aliphatic rings. The minimum absolute atomic E-state index is 0.0516. The van der Waals surface area contributed by atoms with Crippen LogP contribution in [0.25, 0.3) is 12.2 Å². The lowest BCUT2D eigenvalue weighted by Crippen LogP contribution is -2.44. The van der Waals surface area contributed by atoms with E-state index in [1.165, 1.54) is 12.1 Å². The molecule has 0 spiro atoms. The summed E-state index contributed by atoms with van der Waals surface area (Å²) in [4.78, 5) is 6.47. The second kappa shape index (κ2) is 6.74. The van der Waals surface area contributed by atoms with E-state index < -0.39 is 11.7 Å². The molecule has 0 amide bonds. The van der Waals surface area contributed by atoms with Crippen molar-refractivity contribution in [3.63, 3.8) is 0 Å². The van der Waals surface area contributed by atoms with Crippen molar-refractivity contribution < 1.29 is 17.7 Å². The van der Waals surface area contributed by atoms with E-state index in [4.69, 9.17) is 4.52 Å². The van der Waals surface area contributed by atoms with Crippen LogP contribution in [0.5, 0.6) is 0 Å². The fourth-order valence-electron chi connectivity index (χ4n) is 2.50. The Morgan fingerprint density at radius 1 is 1.25 bits per heavy atom. The Morgan fingerprint density at radius 3 is 2.67 bits per heavy atom. The number of aromatic nitrogens is 2. The van der Waals surface area contributed by atoms with Gasteiger partial charge in [-0.3, -0.25) is 4.90 Å². The fourth-order valence-corrected chi connectivity index (χ4v) is 2.50. The van der Waals surface area contributed by atoms with Gasteiger partial charge in [-0.1, -0.05) is 17.3 Å². The molecule has 1 aliphatic heterocycles. The van der Waals surface area contributed by atoms with Gasteiger partial charge in [-0.2, -0.15) is 18.2 Å². The van der Waals surface area contributed by atoms with Gasteiger partial charge in [-0.25, -0.2) is 0 Å². The molecule has 0 radical (unpaired) electrons. The zero-order chi connectivity index (χ0) is 17.2. The van der Waals surface area contributed by atoms with E-state index in [0.29, 0.717) is 17.3 Å². The molecule has 128 valence electrons. The first kappa shape index (κ1) is 16.7. The second-order valence-electron chi connectivity index (χ2n) is 5.64. The number of rotatable bonds is 3. The summed E-state index contributed by atoms with van der Waals surface area (Å²) in [7, 11) is 2.00. The number of nitrogens with one attached hydrogen (secondary N) is 1. The molecule has 5 nitrogen and oxygen atoms in total. The third-order valence-electron chi connectivity index (χ3n) is 3.92. The zero-order valence-corrected chi connectivity index (χ0v) is 13.0.